The van der Waals surface area contributed by atoms with Crippen LogP contribution in [-0.4, -0.2) is 13.4 Å². The van der Waals surface area contributed by atoms with Crippen molar-refractivity contribution in [2.75, 3.05) is 24.5 Å². The van der Waals surface area contributed by atoms with Crippen LogP contribution in [-0.2, 0) is 0 Å². The summed E-state index contributed by atoms with van der Waals surface area (Å²) in [6.07, 6.45) is 0. The van der Waals surface area contributed by atoms with Crippen molar-refractivity contribution in [2.45, 2.75) is 72.1 Å². The minimum atomic E-state index is -0.136. The first-order valence-corrected chi connectivity index (χ1v) is 32.0. The lowest BCUT2D eigenvalue weighted by molar-refractivity contribution is 1.21. The van der Waals surface area contributed by atoms with E-state index in [2.05, 4.69) is 329 Å². The van der Waals surface area contributed by atoms with Crippen LogP contribution in [0.3, 0.4) is 0 Å². The zero-order valence-corrected chi connectivity index (χ0v) is 52.7. The fourth-order valence-electron chi connectivity index (χ4n) is 14.3. The average Bonchev–Trinajstić information content (AvgIpc) is 0.731. The minimum absolute atomic E-state index is 0.0716. The van der Waals surface area contributed by atoms with Crippen LogP contribution in [0.5, 0.6) is 0 Å². The van der Waals surface area contributed by atoms with Crippen molar-refractivity contribution in [3.05, 3.63) is 293 Å². The standard InChI is InChI=1S/C81H67B2N5S/c1-50-10-26-59(27-11-50)84(60-28-12-51(2)13-29-60)66-44-75-80-76(45-66)87(64-36-20-55(6)21-37-64)73-49-74-70(48-69(73)82(80)68-42-57(8)24-40-72(68)86(75)63-34-18-54(5)19-35-63)83-71-43-58(9)25-41-78(71)89-79-47-67(46-77(81(79)83)88(74)65-38-22-56(7)23-39-65)85(61-30-14-52(3)15-31-61)62-32-16-53(4)17-33-62/h10-49H,1-9H3. The highest BCUT2D eigenvalue weighted by Gasteiger charge is 2.48. The average molecular weight is 1160 g/mol. The van der Waals surface area contributed by atoms with Gasteiger partial charge >= 0.3 is 0 Å². The lowest BCUT2D eigenvalue weighted by Gasteiger charge is -2.47. The number of hydrogen-bond donors (Lipinski definition) is 0. The Morgan fingerprint density at radius 3 is 0.966 bits per heavy atom. The predicted molar refractivity (Wildman–Crippen MR) is 382 cm³/mol. The smallest absolute Gasteiger partial charge is 0.252 e. The van der Waals surface area contributed by atoms with Crippen molar-refractivity contribution in [2.24, 2.45) is 0 Å². The van der Waals surface area contributed by atoms with E-state index in [-0.39, 0.29) is 13.4 Å². The Labute approximate surface area is 529 Å². The van der Waals surface area contributed by atoms with Gasteiger partial charge in [-0.25, -0.2) is 0 Å². The van der Waals surface area contributed by atoms with E-state index in [0.717, 1.165) is 68.2 Å². The summed E-state index contributed by atoms with van der Waals surface area (Å²) in [5.74, 6) is 0. The maximum absolute atomic E-state index is 2.66. The van der Waals surface area contributed by atoms with E-state index in [4.69, 9.17) is 0 Å². The SMILES string of the molecule is Cc1ccc(N(c2ccc(C)cc2)c2cc3c4c(c2)N(c2ccc(C)cc2)c2cc5c(cc2B4c2cc(C)ccc2S3)B2c3cc(C)ccc3N(c3ccc(C)cc3)c3cc(N(c4ccc(C)cc4)c4ccc(C)cc4)cc(c32)N5c2ccc(C)cc2)cc1. The van der Waals surface area contributed by atoms with Crippen LogP contribution >= 0.6 is 11.8 Å². The van der Waals surface area contributed by atoms with E-state index < -0.39 is 0 Å². The molecule has 0 amide bonds. The molecule has 428 valence electrons. The van der Waals surface area contributed by atoms with Crippen LogP contribution in [0, 0.1) is 62.3 Å². The van der Waals surface area contributed by atoms with Crippen LogP contribution in [0.2, 0.25) is 0 Å². The highest BCUT2D eigenvalue weighted by molar-refractivity contribution is 8.00. The molecule has 89 heavy (non-hydrogen) atoms. The van der Waals surface area contributed by atoms with Crippen LogP contribution in [0.25, 0.3) is 0 Å². The predicted octanol–water partition coefficient (Wildman–Crippen LogP) is 18.2. The van der Waals surface area contributed by atoms with E-state index in [1.807, 2.05) is 11.8 Å². The van der Waals surface area contributed by atoms with Crippen molar-refractivity contribution in [3.8, 4) is 0 Å². The molecule has 4 aliphatic rings. The van der Waals surface area contributed by atoms with Crippen molar-refractivity contribution in [1.82, 2.24) is 0 Å². The molecule has 5 nitrogen and oxygen atoms in total. The lowest BCUT2D eigenvalue weighted by atomic mass is 9.30. The number of nitrogens with zero attached hydrogens (tertiary/aromatic N) is 5. The highest BCUT2D eigenvalue weighted by atomic mass is 32.2. The second-order valence-electron chi connectivity index (χ2n) is 25.3. The summed E-state index contributed by atoms with van der Waals surface area (Å²) in [6.45, 7) is 19.6. The van der Waals surface area contributed by atoms with Gasteiger partial charge in [-0.3, -0.25) is 0 Å². The first-order valence-electron chi connectivity index (χ1n) is 31.2. The molecule has 0 radical (unpaired) electrons. The molecule has 0 saturated heterocycles. The third-order valence-electron chi connectivity index (χ3n) is 18.8. The molecule has 8 heteroatoms. The van der Waals surface area contributed by atoms with Gasteiger partial charge in [0.25, 0.3) is 6.71 Å². The Hall–Kier alpha value is -9.88. The van der Waals surface area contributed by atoms with E-state index >= 15 is 0 Å². The third kappa shape index (κ3) is 9.17. The van der Waals surface area contributed by atoms with Gasteiger partial charge in [-0.1, -0.05) is 183 Å². The van der Waals surface area contributed by atoms with Crippen molar-refractivity contribution in [1.29, 1.82) is 0 Å². The Balaban J connectivity index is 1.03. The molecule has 12 aromatic carbocycles. The maximum Gasteiger partial charge on any atom is 0.252 e. The Morgan fingerprint density at radius 2 is 0.551 bits per heavy atom. The Bertz CT molecular complexity index is 4700. The molecule has 0 spiro atoms. The molecule has 12 aromatic rings. The van der Waals surface area contributed by atoms with Gasteiger partial charge in [0, 0.05) is 89.4 Å². The summed E-state index contributed by atoms with van der Waals surface area (Å²) in [6, 6.07) is 93.2. The summed E-state index contributed by atoms with van der Waals surface area (Å²) in [5.41, 5.74) is 35.9. The fraction of sp³-hybridized carbons (Fsp3) is 0.111. The van der Waals surface area contributed by atoms with Gasteiger partial charge in [0.15, 0.2) is 0 Å². The van der Waals surface area contributed by atoms with Gasteiger partial charge < -0.3 is 24.5 Å². The number of aryl methyl sites for hydroxylation is 9. The summed E-state index contributed by atoms with van der Waals surface area (Å²) in [4.78, 5) is 15.2. The molecular formula is C81H67B2N5S. The number of rotatable bonds is 9. The zero-order chi connectivity index (χ0) is 60.5. The fourth-order valence-corrected chi connectivity index (χ4v) is 15.5. The third-order valence-corrected chi connectivity index (χ3v) is 19.9. The number of anilines is 15. The van der Waals surface area contributed by atoms with E-state index in [1.54, 1.807) is 0 Å². The van der Waals surface area contributed by atoms with Crippen LogP contribution in [0.15, 0.2) is 252 Å². The Kier molecular flexibility index (Phi) is 13.0. The molecular weight excluding hydrogens is 1100 g/mol. The molecule has 0 unspecified atom stereocenters. The molecule has 0 fully saturated rings. The van der Waals surface area contributed by atoms with Gasteiger partial charge in [0.1, 0.15) is 0 Å². The first kappa shape index (κ1) is 54.5. The van der Waals surface area contributed by atoms with Crippen molar-refractivity contribution >= 4 is 143 Å². The van der Waals surface area contributed by atoms with Crippen LogP contribution < -0.4 is 57.3 Å². The van der Waals surface area contributed by atoms with E-state index in [9.17, 15) is 0 Å². The number of fused-ring (bicyclic) bond motifs is 8. The molecule has 4 heterocycles. The summed E-state index contributed by atoms with van der Waals surface area (Å²) < 4.78 is 0. The van der Waals surface area contributed by atoms with Gasteiger partial charge in [-0.05, 0) is 217 Å². The molecule has 0 bridgehead atoms. The van der Waals surface area contributed by atoms with Gasteiger partial charge in [0.05, 0.1) is 5.69 Å². The lowest BCUT2D eigenvalue weighted by Crippen LogP contribution is -2.64. The van der Waals surface area contributed by atoms with E-state index in [1.165, 1.54) is 110 Å². The van der Waals surface area contributed by atoms with Gasteiger partial charge in [-0.15, -0.1) is 0 Å². The monoisotopic (exact) mass is 1160 g/mol. The molecule has 4 aliphatic heterocycles. The molecule has 0 saturated carbocycles. The molecule has 0 aliphatic carbocycles. The zero-order valence-electron chi connectivity index (χ0n) is 51.9. The molecule has 0 atom stereocenters. The van der Waals surface area contributed by atoms with Gasteiger partial charge in [0.2, 0.25) is 6.71 Å². The second kappa shape index (κ2) is 21.2. The summed E-state index contributed by atoms with van der Waals surface area (Å²) in [5, 5.41) is 0. The first-order chi connectivity index (χ1) is 43.3. The normalized spacial score (nSPS) is 13.1. The van der Waals surface area contributed by atoms with Crippen molar-refractivity contribution < 1.29 is 0 Å². The van der Waals surface area contributed by atoms with E-state index in [0.29, 0.717) is 0 Å². The molecule has 0 N–H and O–H groups in total. The largest absolute Gasteiger partial charge is 0.311 e. The van der Waals surface area contributed by atoms with Gasteiger partial charge in [-0.2, -0.15) is 0 Å². The maximum atomic E-state index is 2.66. The Morgan fingerprint density at radius 1 is 0.236 bits per heavy atom. The number of hydrogen-bond acceptors (Lipinski definition) is 6. The molecule has 16 rings (SSSR count). The summed E-state index contributed by atoms with van der Waals surface area (Å²) >= 11 is 1.92. The topological polar surface area (TPSA) is 16.2 Å². The second-order valence-corrected chi connectivity index (χ2v) is 26.4. The van der Waals surface area contributed by atoms with Crippen molar-refractivity contribution in [3.63, 3.8) is 0 Å². The minimum Gasteiger partial charge on any atom is -0.311 e. The quantitative estimate of drug-likeness (QED) is 0.133. The molecule has 0 aromatic heterocycles. The highest BCUT2D eigenvalue weighted by Crippen LogP contribution is 2.52. The summed E-state index contributed by atoms with van der Waals surface area (Å²) in [7, 11) is 0. The van der Waals surface area contributed by atoms with Crippen LogP contribution in [0.4, 0.5) is 85.3 Å². The number of benzene rings is 12. The van der Waals surface area contributed by atoms with Crippen LogP contribution in [0.1, 0.15) is 50.1 Å².